The fourth-order valence-corrected chi connectivity index (χ4v) is 1.88. The first-order chi connectivity index (χ1) is 9.28. The lowest BCUT2D eigenvalue weighted by molar-refractivity contribution is 0.175. The van der Waals surface area contributed by atoms with Crippen molar-refractivity contribution in [2.24, 2.45) is 0 Å². The molecule has 106 valence electrons. The number of rotatable bonds is 8. The standard InChI is InChI=1S/C14H21NO4/c1-17-12-4-3-5-13(18-2)14(12)19-9-11(8-16)15-10-6-7-10/h3-5,10-11,15-16H,6-9H2,1-2H3. The van der Waals surface area contributed by atoms with Gasteiger partial charge in [0.1, 0.15) is 6.61 Å². The van der Waals surface area contributed by atoms with Crippen LogP contribution in [0.4, 0.5) is 0 Å². The van der Waals surface area contributed by atoms with E-state index in [4.69, 9.17) is 14.2 Å². The second kappa shape index (κ2) is 6.63. The van der Waals surface area contributed by atoms with Crippen molar-refractivity contribution in [2.45, 2.75) is 24.9 Å². The molecule has 1 aromatic carbocycles. The minimum absolute atomic E-state index is 0.0496. The van der Waals surface area contributed by atoms with Gasteiger partial charge in [0.2, 0.25) is 5.75 Å². The van der Waals surface area contributed by atoms with Crippen LogP contribution in [-0.2, 0) is 0 Å². The molecular formula is C14H21NO4. The van der Waals surface area contributed by atoms with Crippen LogP contribution < -0.4 is 19.5 Å². The summed E-state index contributed by atoms with van der Waals surface area (Å²) in [6.45, 7) is 0.428. The summed E-state index contributed by atoms with van der Waals surface area (Å²) in [5.41, 5.74) is 0. The first-order valence-corrected chi connectivity index (χ1v) is 6.49. The highest BCUT2D eigenvalue weighted by Crippen LogP contribution is 2.36. The van der Waals surface area contributed by atoms with Gasteiger partial charge in [-0.25, -0.2) is 0 Å². The summed E-state index contributed by atoms with van der Waals surface area (Å²) < 4.78 is 16.3. The number of hydrogen-bond donors (Lipinski definition) is 2. The highest BCUT2D eigenvalue weighted by atomic mass is 16.5. The maximum atomic E-state index is 9.33. The van der Waals surface area contributed by atoms with E-state index in [9.17, 15) is 5.11 Å². The zero-order chi connectivity index (χ0) is 13.7. The van der Waals surface area contributed by atoms with E-state index in [1.54, 1.807) is 14.2 Å². The van der Waals surface area contributed by atoms with Crippen molar-refractivity contribution in [3.63, 3.8) is 0 Å². The Balaban J connectivity index is 1.99. The molecule has 1 aromatic rings. The normalized spacial score (nSPS) is 15.9. The third-order valence-electron chi connectivity index (χ3n) is 3.08. The molecule has 0 bridgehead atoms. The van der Waals surface area contributed by atoms with Crippen LogP contribution in [0.15, 0.2) is 18.2 Å². The molecule has 0 heterocycles. The SMILES string of the molecule is COc1cccc(OC)c1OCC(CO)NC1CC1. The molecule has 2 N–H and O–H groups in total. The lowest BCUT2D eigenvalue weighted by atomic mass is 10.3. The molecule has 0 saturated heterocycles. The summed E-state index contributed by atoms with van der Waals surface area (Å²) in [5.74, 6) is 1.83. The van der Waals surface area contributed by atoms with Crippen molar-refractivity contribution >= 4 is 0 Å². The Bertz CT molecular complexity index is 384. The summed E-state index contributed by atoms with van der Waals surface area (Å²) in [5, 5.41) is 12.7. The Kier molecular flexibility index (Phi) is 4.87. The molecular weight excluding hydrogens is 246 g/mol. The van der Waals surface area contributed by atoms with E-state index in [1.165, 1.54) is 12.8 Å². The molecule has 1 fully saturated rings. The zero-order valence-electron chi connectivity index (χ0n) is 11.4. The largest absolute Gasteiger partial charge is 0.493 e. The second-order valence-electron chi connectivity index (χ2n) is 4.62. The number of ether oxygens (including phenoxy) is 3. The fraction of sp³-hybridized carbons (Fsp3) is 0.571. The molecule has 0 aliphatic heterocycles. The van der Waals surface area contributed by atoms with Crippen LogP contribution in [-0.4, -0.2) is 44.6 Å². The highest BCUT2D eigenvalue weighted by molar-refractivity contribution is 5.51. The average Bonchev–Trinajstić information content (AvgIpc) is 3.26. The summed E-state index contributed by atoms with van der Waals surface area (Å²) in [6.07, 6.45) is 2.35. The molecule has 0 radical (unpaired) electrons. The smallest absolute Gasteiger partial charge is 0.203 e. The summed E-state index contributed by atoms with van der Waals surface area (Å²) in [4.78, 5) is 0. The lowest BCUT2D eigenvalue weighted by Crippen LogP contribution is -2.39. The summed E-state index contributed by atoms with van der Waals surface area (Å²) in [6, 6.07) is 5.94. The van der Waals surface area contributed by atoms with Crippen molar-refractivity contribution < 1.29 is 19.3 Å². The van der Waals surface area contributed by atoms with Crippen molar-refractivity contribution in [3.8, 4) is 17.2 Å². The Morgan fingerprint density at radius 2 is 1.89 bits per heavy atom. The number of benzene rings is 1. The van der Waals surface area contributed by atoms with Gasteiger partial charge in [-0.15, -0.1) is 0 Å². The Morgan fingerprint density at radius 1 is 1.26 bits per heavy atom. The van der Waals surface area contributed by atoms with E-state index in [2.05, 4.69) is 5.32 Å². The molecule has 5 heteroatoms. The van der Waals surface area contributed by atoms with Crippen LogP contribution in [0.25, 0.3) is 0 Å². The molecule has 1 aliphatic rings. The second-order valence-corrected chi connectivity index (χ2v) is 4.62. The molecule has 1 saturated carbocycles. The van der Waals surface area contributed by atoms with E-state index in [0.717, 1.165) is 0 Å². The van der Waals surface area contributed by atoms with E-state index in [1.807, 2.05) is 18.2 Å². The van der Waals surface area contributed by atoms with Gasteiger partial charge in [0.05, 0.1) is 26.9 Å². The van der Waals surface area contributed by atoms with E-state index >= 15 is 0 Å². The third-order valence-corrected chi connectivity index (χ3v) is 3.08. The first kappa shape index (κ1) is 14.0. The monoisotopic (exact) mass is 267 g/mol. The van der Waals surface area contributed by atoms with Crippen molar-refractivity contribution in [1.82, 2.24) is 5.32 Å². The predicted molar refractivity (Wildman–Crippen MR) is 72.1 cm³/mol. The molecule has 1 unspecified atom stereocenters. The fourth-order valence-electron chi connectivity index (χ4n) is 1.88. The summed E-state index contributed by atoms with van der Waals surface area (Å²) in [7, 11) is 3.18. The van der Waals surface area contributed by atoms with Gasteiger partial charge in [-0.2, -0.15) is 0 Å². The van der Waals surface area contributed by atoms with Gasteiger partial charge >= 0.3 is 0 Å². The molecule has 1 atom stereocenters. The molecule has 2 rings (SSSR count). The van der Waals surface area contributed by atoms with E-state index in [-0.39, 0.29) is 12.6 Å². The first-order valence-electron chi connectivity index (χ1n) is 6.49. The topological polar surface area (TPSA) is 60.0 Å². The Hall–Kier alpha value is -1.46. The minimum atomic E-state index is -0.0675. The van der Waals surface area contributed by atoms with Crippen LogP contribution in [0.1, 0.15) is 12.8 Å². The van der Waals surface area contributed by atoms with Gasteiger partial charge in [-0.3, -0.25) is 0 Å². The van der Waals surface area contributed by atoms with Gasteiger partial charge in [-0.05, 0) is 25.0 Å². The minimum Gasteiger partial charge on any atom is -0.493 e. The Morgan fingerprint density at radius 3 is 2.37 bits per heavy atom. The van der Waals surface area contributed by atoms with Gasteiger partial charge in [0.25, 0.3) is 0 Å². The number of para-hydroxylation sites is 1. The predicted octanol–water partition coefficient (Wildman–Crippen LogP) is 1.20. The van der Waals surface area contributed by atoms with Crippen LogP contribution in [0, 0.1) is 0 Å². The molecule has 0 aromatic heterocycles. The van der Waals surface area contributed by atoms with Crippen LogP contribution >= 0.6 is 0 Å². The molecule has 0 amide bonds. The molecule has 0 spiro atoms. The third kappa shape index (κ3) is 3.75. The van der Waals surface area contributed by atoms with E-state index in [0.29, 0.717) is 29.9 Å². The van der Waals surface area contributed by atoms with Gasteiger partial charge in [0.15, 0.2) is 11.5 Å². The van der Waals surface area contributed by atoms with Gasteiger partial charge in [-0.1, -0.05) is 6.07 Å². The van der Waals surface area contributed by atoms with Crippen LogP contribution in [0.2, 0.25) is 0 Å². The average molecular weight is 267 g/mol. The van der Waals surface area contributed by atoms with Gasteiger partial charge in [0, 0.05) is 6.04 Å². The lowest BCUT2D eigenvalue weighted by Gasteiger charge is -2.19. The number of hydrogen-bond acceptors (Lipinski definition) is 5. The Labute approximate surface area is 113 Å². The molecule has 19 heavy (non-hydrogen) atoms. The number of methoxy groups -OCH3 is 2. The molecule has 5 nitrogen and oxygen atoms in total. The van der Waals surface area contributed by atoms with Gasteiger partial charge < -0.3 is 24.6 Å². The number of nitrogens with one attached hydrogen (secondary N) is 1. The maximum absolute atomic E-state index is 9.33. The van der Waals surface area contributed by atoms with Crippen molar-refractivity contribution in [3.05, 3.63) is 18.2 Å². The number of aliphatic hydroxyl groups is 1. The van der Waals surface area contributed by atoms with Crippen LogP contribution in [0.5, 0.6) is 17.2 Å². The molecule has 1 aliphatic carbocycles. The van der Waals surface area contributed by atoms with Crippen molar-refractivity contribution in [1.29, 1.82) is 0 Å². The van der Waals surface area contributed by atoms with Crippen LogP contribution in [0.3, 0.4) is 0 Å². The van der Waals surface area contributed by atoms with E-state index < -0.39 is 0 Å². The zero-order valence-corrected chi connectivity index (χ0v) is 11.4. The quantitative estimate of drug-likeness (QED) is 0.741. The number of aliphatic hydroxyl groups excluding tert-OH is 1. The summed E-state index contributed by atoms with van der Waals surface area (Å²) >= 11 is 0. The van der Waals surface area contributed by atoms with Crippen molar-refractivity contribution in [2.75, 3.05) is 27.4 Å². The highest BCUT2D eigenvalue weighted by Gasteiger charge is 2.25. The maximum Gasteiger partial charge on any atom is 0.203 e.